The first kappa shape index (κ1) is 25.1. The Hall–Kier alpha value is -2.17. The first-order valence-electron chi connectivity index (χ1n) is 10.9. The average molecular weight is 448 g/mol. The van der Waals surface area contributed by atoms with E-state index in [-0.39, 0.29) is 17.6 Å². The quantitative estimate of drug-likeness (QED) is 0.266. The molecule has 2 N–H and O–H groups in total. The van der Waals surface area contributed by atoms with Crippen LogP contribution in [0.15, 0.2) is 40.7 Å². The van der Waals surface area contributed by atoms with E-state index in [9.17, 15) is 14.8 Å². The van der Waals surface area contributed by atoms with Gasteiger partial charge in [-0.1, -0.05) is 48.3 Å². The number of carbonyl (C=O) groups is 1. The largest absolute Gasteiger partial charge is 0.575 e. The molecule has 7 heteroatoms. The van der Waals surface area contributed by atoms with Gasteiger partial charge in [-0.25, -0.2) is 4.79 Å². The first-order valence-corrected chi connectivity index (χ1v) is 12.0. The molecule has 170 valence electrons. The lowest BCUT2D eigenvalue weighted by Gasteiger charge is -2.31. The minimum absolute atomic E-state index is 0.0980. The lowest BCUT2D eigenvalue weighted by atomic mass is 9.73. The number of benzene rings is 1. The molecule has 0 aliphatic heterocycles. The highest BCUT2D eigenvalue weighted by molar-refractivity contribution is 7.34. The van der Waals surface area contributed by atoms with E-state index in [4.69, 9.17) is 9.63 Å². The fourth-order valence-electron chi connectivity index (χ4n) is 4.01. The van der Waals surface area contributed by atoms with Crippen LogP contribution in [0.2, 0.25) is 0 Å². The van der Waals surface area contributed by atoms with Crippen LogP contribution in [0.4, 0.5) is 0 Å². The van der Waals surface area contributed by atoms with Crippen molar-refractivity contribution in [2.75, 3.05) is 0 Å². The number of rotatable bonds is 10. The number of nitrogens with zero attached hydrogens (tertiary/aromatic N) is 1. The number of carboxylic acids is 1. The number of hydrogen-bond donors (Lipinski definition) is 2. The molecule has 6 nitrogen and oxygen atoms in total. The maximum atomic E-state index is 12.5. The number of phenols is 1. The van der Waals surface area contributed by atoms with Gasteiger partial charge < -0.3 is 15.1 Å². The topological polar surface area (TPSA) is 102 Å². The Morgan fingerprint density at radius 1 is 1.42 bits per heavy atom. The third-order valence-electron chi connectivity index (χ3n) is 5.76. The second-order valence-corrected chi connectivity index (χ2v) is 9.36. The highest BCUT2D eigenvalue weighted by atomic mass is 31.1. The Balaban J connectivity index is 2.53. The first-order chi connectivity index (χ1) is 14.6. The molecule has 0 saturated heterocycles. The number of phenolic OH excluding ortho intramolecular Hbond substituents is 1. The molecule has 0 bridgehead atoms. The van der Waals surface area contributed by atoms with Gasteiger partial charge in [-0.2, -0.15) is 0 Å². The van der Waals surface area contributed by atoms with Crippen molar-refractivity contribution in [1.82, 2.24) is 0 Å². The fraction of sp³-hybridized carbons (Fsp3) is 0.542. The lowest BCUT2D eigenvalue weighted by Crippen LogP contribution is -2.18. The molecule has 1 aliphatic rings. The highest BCUT2D eigenvalue weighted by Gasteiger charge is 2.32. The van der Waals surface area contributed by atoms with Crippen LogP contribution in [-0.2, 0) is 11.2 Å². The smallest absolute Gasteiger partial charge is 0.395 e. The SMILES string of the molecule is C=C(C)[C@@H]1CCC(C)=C[C@H]1c1c(O)cc(CCCCC)cc1O[P+]([O-])=NC(C)C(=O)O. The van der Waals surface area contributed by atoms with E-state index in [2.05, 4.69) is 31.2 Å². The Kier molecular flexibility index (Phi) is 9.27. The van der Waals surface area contributed by atoms with Crippen molar-refractivity contribution in [3.05, 3.63) is 47.1 Å². The molecule has 0 fully saturated rings. The minimum atomic E-state index is -2.61. The zero-order valence-electron chi connectivity index (χ0n) is 18.9. The maximum absolute atomic E-state index is 12.5. The van der Waals surface area contributed by atoms with Crippen molar-refractivity contribution in [3.63, 3.8) is 0 Å². The van der Waals surface area contributed by atoms with Gasteiger partial charge in [-0.3, -0.25) is 4.52 Å². The van der Waals surface area contributed by atoms with E-state index in [0.717, 1.165) is 49.7 Å². The molecule has 0 amide bonds. The molecule has 2 unspecified atom stereocenters. The van der Waals surface area contributed by atoms with E-state index in [0.29, 0.717) is 11.3 Å². The van der Waals surface area contributed by atoms with E-state index < -0.39 is 20.2 Å². The number of aliphatic carboxylic acids is 1. The molecule has 1 aliphatic carbocycles. The van der Waals surface area contributed by atoms with Crippen LogP contribution in [0, 0.1) is 5.92 Å². The van der Waals surface area contributed by atoms with Crippen molar-refractivity contribution in [2.24, 2.45) is 10.7 Å². The van der Waals surface area contributed by atoms with Gasteiger partial charge in [0.05, 0.1) is 0 Å². The van der Waals surface area contributed by atoms with Crippen molar-refractivity contribution in [2.45, 2.75) is 78.2 Å². The summed E-state index contributed by atoms with van der Waals surface area (Å²) in [6, 6.07) is 2.43. The predicted octanol–water partition coefficient (Wildman–Crippen LogP) is 5.85. The van der Waals surface area contributed by atoms with Crippen molar-refractivity contribution in [1.29, 1.82) is 0 Å². The van der Waals surface area contributed by atoms with Crippen LogP contribution in [0.25, 0.3) is 0 Å². The number of carboxylic acid groups (broad SMARTS) is 1. The molecule has 0 aromatic heterocycles. The highest BCUT2D eigenvalue weighted by Crippen LogP contribution is 2.48. The van der Waals surface area contributed by atoms with Crippen LogP contribution in [0.5, 0.6) is 11.5 Å². The minimum Gasteiger partial charge on any atom is -0.575 e. The third-order valence-corrected chi connectivity index (χ3v) is 6.65. The predicted molar refractivity (Wildman–Crippen MR) is 122 cm³/mol. The second kappa shape index (κ2) is 11.4. The number of aryl methyl sites for hydroxylation is 1. The molecule has 2 rings (SSSR count). The van der Waals surface area contributed by atoms with Crippen LogP contribution in [-0.4, -0.2) is 22.2 Å². The van der Waals surface area contributed by atoms with Crippen LogP contribution < -0.4 is 9.42 Å². The zero-order chi connectivity index (χ0) is 23.1. The summed E-state index contributed by atoms with van der Waals surface area (Å²) in [5.41, 5.74) is 3.68. The van der Waals surface area contributed by atoms with Gasteiger partial charge in [0.2, 0.25) is 0 Å². The summed E-state index contributed by atoms with van der Waals surface area (Å²) >= 11 is 0. The Labute approximate surface area is 186 Å². The lowest BCUT2D eigenvalue weighted by molar-refractivity contribution is -0.169. The molecule has 1 aromatic rings. The van der Waals surface area contributed by atoms with Crippen molar-refractivity contribution in [3.8, 4) is 11.5 Å². The van der Waals surface area contributed by atoms with Gasteiger partial charge in [0.15, 0.2) is 11.8 Å². The molecule has 1 aromatic carbocycles. The van der Waals surface area contributed by atoms with E-state index in [1.165, 1.54) is 12.5 Å². The molecule has 31 heavy (non-hydrogen) atoms. The van der Waals surface area contributed by atoms with E-state index in [1.807, 2.05) is 13.0 Å². The van der Waals surface area contributed by atoms with Crippen LogP contribution in [0.1, 0.15) is 76.8 Å². The molecule has 0 radical (unpaired) electrons. The van der Waals surface area contributed by atoms with Gasteiger partial charge in [-0.05, 0) is 70.1 Å². The van der Waals surface area contributed by atoms with Crippen molar-refractivity contribution < 1.29 is 24.4 Å². The average Bonchev–Trinajstić information content (AvgIpc) is 2.67. The molecule has 0 spiro atoms. The monoisotopic (exact) mass is 447 g/mol. The number of aromatic hydroxyl groups is 1. The maximum Gasteiger partial charge on any atom is 0.395 e. The van der Waals surface area contributed by atoms with E-state index in [1.54, 1.807) is 6.07 Å². The van der Waals surface area contributed by atoms with E-state index >= 15 is 0 Å². The molecule has 4 atom stereocenters. The van der Waals surface area contributed by atoms with Crippen molar-refractivity contribution >= 4 is 14.1 Å². The Morgan fingerprint density at radius 2 is 2.13 bits per heavy atom. The fourth-order valence-corrected chi connectivity index (χ4v) is 4.75. The van der Waals surface area contributed by atoms with Crippen LogP contribution >= 0.6 is 8.17 Å². The van der Waals surface area contributed by atoms with Gasteiger partial charge >= 0.3 is 14.1 Å². The van der Waals surface area contributed by atoms with Gasteiger partial charge in [0, 0.05) is 11.5 Å². The summed E-state index contributed by atoms with van der Waals surface area (Å²) in [5.74, 6) is -0.810. The summed E-state index contributed by atoms with van der Waals surface area (Å²) < 4.78 is 9.41. The summed E-state index contributed by atoms with van der Waals surface area (Å²) in [7, 11) is -2.61. The number of unbranched alkanes of at least 4 members (excludes halogenated alkanes) is 2. The summed E-state index contributed by atoms with van der Waals surface area (Å²) in [6.45, 7) is 11.6. The molecule has 0 saturated carbocycles. The summed E-state index contributed by atoms with van der Waals surface area (Å²) in [5, 5.41) is 20.0. The molecular weight excluding hydrogens is 413 g/mol. The van der Waals surface area contributed by atoms with Gasteiger partial charge in [-0.15, -0.1) is 0 Å². The van der Waals surface area contributed by atoms with Crippen LogP contribution in [0.3, 0.4) is 0 Å². The number of allylic oxidation sites excluding steroid dienone is 3. The zero-order valence-corrected chi connectivity index (χ0v) is 19.8. The third kappa shape index (κ3) is 6.91. The Morgan fingerprint density at radius 3 is 2.74 bits per heavy atom. The molecular formula is C24H34NO5P. The number of hydrogen-bond acceptors (Lipinski definition) is 5. The summed E-state index contributed by atoms with van der Waals surface area (Å²) in [4.78, 5) is 23.6. The summed E-state index contributed by atoms with van der Waals surface area (Å²) in [6.07, 6.45) is 7.87. The second-order valence-electron chi connectivity index (χ2n) is 8.47. The normalized spacial score (nSPS) is 20.2. The van der Waals surface area contributed by atoms with Gasteiger partial charge in [0.25, 0.3) is 0 Å². The molecule has 0 heterocycles. The Bertz CT molecular complexity index is 877. The standard InChI is InChI=1S/C24H34NO5P/c1-6-7-8-9-18-13-21(26)23(20-12-16(4)10-11-19(20)15(2)3)22(14-18)30-31(29)25-17(5)24(27)28/h12-14,17,19-20,26H,2,6-11H2,1,3-5H3,(H,27,28)/t17?,19-,20+/m0/s1. The van der Waals surface area contributed by atoms with Gasteiger partial charge in [0.1, 0.15) is 5.75 Å².